The Bertz CT molecular complexity index is 467. The van der Waals surface area contributed by atoms with Crippen LogP contribution in [0.5, 0.6) is 0 Å². The van der Waals surface area contributed by atoms with Crippen LogP contribution in [0.1, 0.15) is 5.56 Å². The van der Waals surface area contributed by atoms with Crippen molar-refractivity contribution in [2.24, 2.45) is 0 Å². The van der Waals surface area contributed by atoms with E-state index in [4.69, 9.17) is 11.6 Å². The SMILES string of the molecule is CS(=O)(=O)c1ccc(CCNC(=O)Cl)cc1. The molecular formula is C10H12ClNO3S. The molecular weight excluding hydrogens is 250 g/mol. The highest BCUT2D eigenvalue weighted by atomic mass is 35.5. The molecule has 1 amide bonds. The number of hydrogen-bond donors (Lipinski definition) is 1. The van der Waals surface area contributed by atoms with Crippen LogP contribution in [-0.2, 0) is 16.3 Å². The van der Waals surface area contributed by atoms with E-state index in [0.717, 1.165) is 11.8 Å². The molecule has 88 valence electrons. The van der Waals surface area contributed by atoms with Crippen molar-refractivity contribution in [3.05, 3.63) is 29.8 Å². The Kier molecular flexibility index (Phi) is 4.32. The Labute approximate surface area is 99.5 Å². The number of carbonyl (C=O) groups excluding carboxylic acids is 1. The van der Waals surface area contributed by atoms with Gasteiger partial charge in [-0.05, 0) is 35.7 Å². The van der Waals surface area contributed by atoms with Crippen LogP contribution in [0.15, 0.2) is 29.2 Å². The molecule has 1 aromatic carbocycles. The number of sulfone groups is 1. The van der Waals surface area contributed by atoms with Crippen molar-refractivity contribution in [3.63, 3.8) is 0 Å². The standard InChI is InChI=1S/C10H12ClNO3S/c1-16(14,15)9-4-2-8(3-5-9)6-7-12-10(11)13/h2-5H,6-7H2,1H3,(H,12,13). The first-order chi connectivity index (χ1) is 7.39. The van der Waals surface area contributed by atoms with Crippen molar-refractivity contribution >= 4 is 26.8 Å². The van der Waals surface area contributed by atoms with Gasteiger partial charge in [0.25, 0.3) is 0 Å². The smallest absolute Gasteiger partial charge is 0.313 e. The molecule has 16 heavy (non-hydrogen) atoms. The van der Waals surface area contributed by atoms with Gasteiger partial charge in [-0.1, -0.05) is 12.1 Å². The minimum absolute atomic E-state index is 0.289. The van der Waals surface area contributed by atoms with E-state index in [1.54, 1.807) is 24.3 Å². The maximum Gasteiger partial charge on any atom is 0.313 e. The van der Waals surface area contributed by atoms with Crippen LogP contribution >= 0.6 is 11.6 Å². The zero-order valence-electron chi connectivity index (χ0n) is 8.73. The molecule has 1 rings (SSSR count). The van der Waals surface area contributed by atoms with Crippen molar-refractivity contribution in [3.8, 4) is 0 Å². The van der Waals surface area contributed by atoms with Crippen LogP contribution in [0, 0.1) is 0 Å². The summed E-state index contributed by atoms with van der Waals surface area (Å²) in [5.41, 5.74) is 0.942. The number of rotatable bonds is 4. The highest BCUT2D eigenvalue weighted by Gasteiger charge is 2.05. The van der Waals surface area contributed by atoms with Gasteiger partial charge in [0.2, 0.25) is 0 Å². The summed E-state index contributed by atoms with van der Waals surface area (Å²) >= 11 is 5.10. The first kappa shape index (κ1) is 13.0. The fourth-order valence-corrected chi connectivity index (χ4v) is 1.93. The number of halogens is 1. The van der Waals surface area contributed by atoms with Gasteiger partial charge < -0.3 is 5.32 Å². The van der Waals surface area contributed by atoms with Crippen LogP contribution in [0.2, 0.25) is 0 Å². The number of hydrogen-bond acceptors (Lipinski definition) is 3. The third-order valence-corrected chi connectivity index (χ3v) is 3.29. The van der Waals surface area contributed by atoms with Gasteiger partial charge in [-0.2, -0.15) is 0 Å². The van der Waals surface area contributed by atoms with E-state index in [1.807, 2.05) is 0 Å². The molecule has 1 N–H and O–H groups in total. The van der Waals surface area contributed by atoms with Crippen LogP contribution in [0.4, 0.5) is 4.79 Å². The van der Waals surface area contributed by atoms with Crippen molar-refractivity contribution in [1.82, 2.24) is 5.32 Å². The normalized spacial score (nSPS) is 11.1. The zero-order valence-corrected chi connectivity index (χ0v) is 10.3. The van der Waals surface area contributed by atoms with E-state index < -0.39 is 15.2 Å². The van der Waals surface area contributed by atoms with Crippen LogP contribution in [-0.4, -0.2) is 26.6 Å². The van der Waals surface area contributed by atoms with Crippen LogP contribution < -0.4 is 5.32 Å². The van der Waals surface area contributed by atoms with Gasteiger partial charge >= 0.3 is 5.37 Å². The summed E-state index contributed by atoms with van der Waals surface area (Å²) in [5.74, 6) is 0. The fraction of sp³-hybridized carbons (Fsp3) is 0.300. The lowest BCUT2D eigenvalue weighted by Gasteiger charge is -2.03. The molecule has 0 atom stereocenters. The third kappa shape index (κ3) is 4.20. The molecule has 0 aliphatic heterocycles. The minimum Gasteiger partial charge on any atom is -0.342 e. The Morgan fingerprint density at radius 1 is 1.31 bits per heavy atom. The molecule has 6 heteroatoms. The van der Waals surface area contributed by atoms with E-state index in [0.29, 0.717) is 13.0 Å². The van der Waals surface area contributed by atoms with Gasteiger partial charge in [-0.15, -0.1) is 0 Å². The summed E-state index contributed by atoms with van der Waals surface area (Å²) in [5, 5.41) is 1.86. The van der Waals surface area contributed by atoms with Gasteiger partial charge in [0.1, 0.15) is 0 Å². The number of benzene rings is 1. The van der Waals surface area contributed by atoms with Gasteiger partial charge in [0, 0.05) is 12.8 Å². The second-order valence-corrected chi connectivity index (χ2v) is 5.73. The molecule has 0 aliphatic carbocycles. The van der Waals surface area contributed by atoms with Gasteiger partial charge in [0.15, 0.2) is 9.84 Å². The van der Waals surface area contributed by atoms with Crippen molar-refractivity contribution in [2.75, 3.05) is 12.8 Å². The number of carbonyl (C=O) groups is 1. The molecule has 1 aromatic rings. The molecule has 0 unspecified atom stereocenters. The predicted molar refractivity (Wildman–Crippen MR) is 62.5 cm³/mol. The largest absolute Gasteiger partial charge is 0.342 e. The highest BCUT2D eigenvalue weighted by molar-refractivity contribution is 7.90. The number of amides is 1. The van der Waals surface area contributed by atoms with E-state index in [2.05, 4.69) is 5.32 Å². The minimum atomic E-state index is -3.14. The second-order valence-electron chi connectivity index (χ2n) is 3.37. The second kappa shape index (κ2) is 5.32. The summed E-state index contributed by atoms with van der Waals surface area (Å²) in [6, 6.07) is 6.54. The maximum atomic E-state index is 11.2. The third-order valence-electron chi connectivity index (χ3n) is 2.03. The quantitative estimate of drug-likeness (QED) is 0.661. The predicted octanol–water partition coefficient (Wildman–Crippen LogP) is 1.58. The lowest BCUT2D eigenvalue weighted by molar-refractivity contribution is 0.260. The van der Waals surface area contributed by atoms with Gasteiger partial charge in [-0.3, -0.25) is 4.79 Å². The first-order valence-electron chi connectivity index (χ1n) is 4.62. The molecule has 0 heterocycles. The molecule has 0 bridgehead atoms. The Morgan fingerprint density at radius 2 is 1.88 bits per heavy atom. The lowest BCUT2D eigenvalue weighted by Crippen LogP contribution is -2.19. The van der Waals surface area contributed by atoms with Crippen molar-refractivity contribution in [2.45, 2.75) is 11.3 Å². The topological polar surface area (TPSA) is 63.2 Å². The van der Waals surface area contributed by atoms with E-state index >= 15 is 0 Å². The monoisotopic (exact) mass is 261 g/mol. The average Bonchev–Trinajstić information content (AvgIpc) is 2.16. The Morgan fingerprint density at radius 3 is 2.31 bits per heavy atom. The Hall–Kier alpha value is -1.07. The Balaban J connectivity index is 2.62. The fourth-order valence-electron chi connectivity index (χ4n) is 1.21. The average molecular weight is 262 g/mol. The summed E-state index contributed by atoms with van der Waals surface area (Å²) in [7, 11) is -3.14. The highest BCUT2D eigenvalue weighted by Crippen LogP contribution is 2.10. The first-order valence-corrected chi connectivity index (χ1v) is 6.89. The molecule has 4 nitrogen and oxygen atoms in total. The molecule has 0 aromatic heterocycles. The molecule has 0 saturated carbocycles. The summed E-state index contributed by atoms with van der Waals surface area (Å²) in [4.78, 5) is 10.7. The maximum absolute atomic E-state index is 11.2. The number of nitrogens with one attached hydrogen (secondary N) is 1. The summed E-state index contributed by atoms with van der Waals surface area (Å²) < 4.78 is 22.3. The molecule has 0 radical (unpaired) electrons. The lowest BCUT2D eigenvalue weighted by atomic mass is 10.1. The van der Waals surface area contributed by atoms with Crippen molar-refractivity contribution in [1.29, 1.82) is 0 Å². The molecule has 0 saturated heterocycles. The van der Waals surface area contributed by atoms with Crippen LogP contribution in [0.3, 0.4) is 0 Å². The van der Waals surface area contributed by atoms with Crippen molar-refractivity contribution < 1.29 is 13.2 Å². The molecule has 0 fully saturated rings. The van der Waals surface area contributed by atoms with E-state index in [-0.39, 0.29) is 4.90 Å². The van der Waals surface area contributed by atoms with Gasteiger partial charge in [0.05, 0.1) is 4.90 Å². The summed E-state index contributed by atoms with van der Waals surface area (Å²) in [6.45, 7) is 0.431. The zero-order chi connectivity index (χ0) is 12.2. The summed E-state index contributed by atoms with van der Waals surface area (Å²) in [6.07, 6.45) is 1.78. The molecule has 0 aliphatic rings. The van der Waals surface area contributed by atoms with E-state index in [1.165, 1.54) is 0 Å². The van der Waals surface area contributed by atoms with Crippen LogP contribution in [0.25, 0.3) is 0 Å². The molecule has 0 spiro atoms. The van der Waals surface area contributed by atoms with E-state index in [9.17, 15) is 13.2 Å². The van der Waals surface area contributed by atoms with Gasteiger partial charge in [-0.25, -0.2) is 8.42 Å².